The molecule has 4 rings (SSSR count). The fraction of sp³-hybridized carbons (Fsp3) is 0.0500. The number of phenols is 1. The molecule has 4 aromatic rings. The maximum absolute atomic E-state index is 13.3. The van der Waals surface area contributed by atoms with Crippen LogP contribution < -0.4 is 0 Å². The van der Waals surface area contributed by atoms with Gasteiger partial charge in [-0.3, -0.25) is 0 Å². The first-order valence-electron chi connectivity index (χ1n) is 7.52. The average Bonchev–Trinajstić information content (AvgIpc) is 2.97. The summed E-state index contributed by atoms with van der Waals surface area (Å²) in [6, 6.07) is 17.4. The molecular weight excluding hydrogens is 303 g/mol. The normalized spacial score (nSPS) is 10.7. The molecule has 2 heterocycles. The Kier molecular flexibility index (Phi) is 3.40. The van der Waals surface area contributed by atoms with Crippen LogP contribution in [0.15, 0.2) is 54.9 Å². The molecule has 0 atom stereocenters. The smallest absolute Gasteiger partial charge is 0.137 e. The molecule has 2 aromatic carbocycles. The van der Waals surface area contributed by atoms with E-state index in [2.05, 4.69) is 22.1 Å². The van der Waals surface area contributed by atoms with Gasteiger partial charge in [0.1, 0.15) is 17.2 Å². The number of fused-ring (bicyclic) bond motifs is 1. The van der Waals surface area contributed by atoms with E-state index in [0.29, 0.717) is 6.42 Å². The molecule has 3 nitrogen and oxygen atoms in total. The number of nitrogens with one attached hydrogen (secondary N) is 1. The highest BCUT2D eigenvalue weighted by Gasteiger charge is 2.09. The fourth-order valence-electron chi connectivity index (χ4n) is 2.79. The molecule has 0 bridgehead atoms. The quantitative estimate of drug-likeness (QED) is 0.593. The van der Waals surface area contributed by atoms with Crippen LogP contribution in [0, 0.1) is 17.9 Å². The third kappa shape index (κ3) is 2.68. The second kappa shape index (κ2) is 5.71. The number of aromatic amines is 1. The number of aromatic nitrogens is 2. The number of aromatic hydroxyl groups is 1. The minimum atomic E-state index is -0.317. The lowest BCUT2D eigenvalue weighted by molar-refractivity contribution is 0.475. The number of pyridine rings is 1. The summed E-state index contributed by atoms with van der Waals surface area (Å²) >= 11 is 0. The first-order chi connectivity index (χ1) is 11.7. The Morgan fingerprint density at radius 2 is 2.08 bits per heavy atom. The molecule has 24 heavy (non-hydrogen) atoms. The Bertz CT molecular complexity index is 1020. The number of nitrogens with zero attached hydrogens (tertiary/aromatic N) is 1. The lowest BCUT2D eigenvalue weighted by atomic mass is 10.0. The third-order valence-corrected chi connectivity index (χ3v) is 3.93. The summed E-state index contributed by atoms with van der Waals surface area (Å²) < 4.78 is 13.3. The van der Waals surface area contributed by atoms with Crippen molar-refractivity contribution in [1.82, 2.24) is 9.97 Å². The van der Waals surface area contributed by atoms with Crippen molar-refractivity contribution >= 4 is 11.0 Å². The Hall–Kier alpha value is -3.32. The van der Waals surface area contributed by atoms with Gasteiger partial charge < -0.3 is 10.1 Å². The van der Waals surface area contributed by atoms with Crippen molar-refractivity contribution in [1.29, 1.82) is 0 Å². The van der Waals surface area contributed by atoms with E-state index in [-0.39, 0.29) is 11.6 Å². The number of hydrogen-bond donors (Lipinski definition) is 2. The van der Waals surface area contributed by atoms with Crippen molar-refractivity contribution in [2.75, 3.05) is 0 Å². The lowest BCUT2D eigenvalue weighted by Crippen LogP contribution is -1.88. The van der Waals surface area contributed by atoms with Crippen LogP contribution in [-0.4, -0.2) is 15.1 Å². The molecule has 0 fully saturated rings. The number of benzene rings is 1. The zero-order valence-electron chi connectivity index (χ0n) is 12.7. The van der Waals surface area contributed by atoms with Crippen molar-refractivity contribution < 1.29 is 9.50 Å². The summed E-state index contributed by atoms with van der Waals surface area (Å²) in [5.41, 5.74) is 4.32. The standard InChI is InChI=1S/C20H13FN2O/c21-17-5-1-3-13(8-17)7-16-12-23-20-19(16)10-15(11-22-20)14-4-2-6-18(24)9-14/h2,4-6,8-12,24H,7H2,(H,22,23). The third-order valence-electron chi connectivity index (χ3n) is 3.93. The SMILES string of the molecule is Oc1cccc(-c2cnc3[nH]cc(Cc4c#ccc(F)c4)c3c2)c1. The Labute approximate surface area is 138 Å². The summed E-state index contributed by atoms with van der Waals surface area (Å²) in [5.74, 6) is -0.103. The summed E-state index contributed by atoms with van der Waals surface area (Å²) in [5, 5.41) is 10.6. The maximum Gasteiger partial charge on any atom is 0.137 e. The second-order valence-electron chi connectivity index (χ2n) is 5.63. The molecule has 0 saturated heterocycles. The van der Waals surface area contributed by atoms with E-state index >= 15 is 0 Å². The molecule has 0 amide bonds. The zero-order valence-corrected chi connectivity index (χ0v) is 12.7. The van der Waals surface area contributed by atoms with Gasteiger partial charge in [-0.05, 0) is 35.4 Å². The van der Waals surface area contributed by atoms with E-state index < -0.39 is 0 Å². The monoisotopic (exact) mass is 316 g/mol. The topological polar surface area (TPSA) is 48.9 Å². The Morgan fingerprint density at radius 1 is 1.17 bits per heavy atom. The van der Waals surface area contributed by atoms with Crippen molar-refractivity contribution in [3.05, 3.63) is 83.9 Å². The molecule has 0 aliphatic carbocycles. The van der Waals surface area contributed by atoms with E-state index in [4.69, 9.17) is 0 Å². The van der Waals surface area contributed by atoms with E-state index in [9.17, 15) is 9.50 Å². The largest absolute Gasteiger partial charge is 0.508 e. The van der Waals surface area contributed by atoms with Gasteiger partial charge in [0.15, 0.2) is 0 Å². The van der Waals surface area contributed by atoms with Crippen LogP contribution in [0.1, 0.15) is 11.1 Å². The molecule has 4 heteroatoms. The lowest BCUT2D eigenvalue weighted by Gasteiger charge is -2.04. The molecule has 2 aromatic heterocycles. The fourth-order valence-corrected chi connectivity index (χ4v) is 2.79. The van der Waals surface area contributed by atoms with Gasteiger partial charge in [-0.25, -0.2) is 9.37 Å². The average molecular weight is 316 g/mol. The summed E-state index contributed by atoms with van der Waals surface area (Å²) in [7, 11) is 0. The summed E-state index contributed by atoms with van der Waals surface area (Å²) in [6.45, 7) is 0. The van der Waals surface area contributed by atoms with E-state index in [1.54, 1.807) is 24.4 Å². The number of halogens is 1. The molecule has 0 unspecified atom stereocenters. The minimum absolute atomic E-state index is 0.215. The minimum Gasteiger partial charge on any atom is -0.508 e. The van der Waals surface area contributed by atoms with E-state index in [1.165, 1.54) is 12.1 Å². The van der Waals surface area contributed by atoms with E-state index in [1.807, 2.05) is 18.3 Å². The van der Waals surface area contributed by atoms with Crippen LogP contribution in [0.3, 0.4) is 0 Å². The highest BCUT2D eigenvalue weighted by atomic mass is 19.1. The predicted octanol–water partition coefficient (Wildman–Crippen LogP) is 4.27. The molecule has 2 N–H and O–H groups in total. The van der Waals surface area contributed by atoms with Gasteiger partial charge in [-0.15, -0.1) is 0 Å². The van der Waals surface area contributed by atoms with Gasteiger partial charge in [0.25, 0.3) is 0 Å². The van der Waals surface area contributed by atoms with Gasteiger partial charge in [0, 0.05) is 41.4 Å². The Morgan fingerprint density at radius 3 is 2.92 bits per heavy atom. The number of hydrogen-bond acceptors (Lipinski definition) is 2. The van der Waals surface area contributed by atoms with Crippen LogP contribution in [-0.2, 0) is 6.42 Å². The maximum atomic E-state index is 13.3. The zero-order chi connectivity index (χ0) is 16.5. The predicted molar refractivity (Wildman–Crippen MR) is 90.1 cm³/mol. The summed E-state index contributed by atoms with van der Waals surface area (Å²) in [6.07, 6.45) is 4.18. The molecular formula is C20H13FN2O. The highest BCUT2D eigenvalue weighted by Crippen LogP contribution is 2.27. The number of H-pyrrole nitrogens is 1. The highest BCUT2D eigenvalue weighted by molar-refractivity contribution is 5.85. The number of phenolic OH excluding ortho intramolecular Hbond substituents is 1. The van der Waals surface area contributed by atoms with Crippen molar-refractivity contribution in [2.24, 2.45) is 0 Å². The van der Waals surface area contributed by atoms with Crippen molar-refractivity contribution in [3.8, 4) is 16.9 Å². The molecule has 0 saturated carbocycles. The second-order valence-corrected chi connectivity index (χ2v) is 5.63. The van der Waals surface area contributed by atoms with Crippen LogP contribution in [0.25, 0.3) is 22.2 Å². The molecule has 0 aliphatic rings. The van der Waals surface area contributed by atoms with Crippen LogP contribution in [0.4, 0.5) is 4.39 Å². The van der Waals surface area contributed by atoms with E-state index in [0.717, 1.165) is 33.3 Å². The van der Waals surface area contributed by atoms with Crippen LogP contribution >= 0.6 is 0 Å². The van der Waals surface area contributed by atoms with Gasteiger partial charge in [0.05, 0.1) is 0 Å². The molecule has 0 spiro atoms. The van der Waals surface area contributed by atoms with Crippen molar-refractivity contribution in [3.63, 3.8) is 0 Å². The van der Waals surface area contributed by atoms with Crippen LogP contribution in [0.2, 0.25) is 0 Å². The first-order valence-corrected chi connectivity index (χ1v) is 7.52. The summed E-state index contributed by atoms with van der Waals surface area (Å²) in [4.78, 5) is 7.57. The molecule has 0 aliphatic heterocycles. The van der Waals surface area contributed by atoms with Gasteiger partial charge in [0.2, 0.25) is 0 Å². The van der Waals surface area contributed by atoms with Gasteiger partial charge in [-0.2, -0.15) is 0 Å². The van der Waals surface area contributed by atoms with Gasteiger partial charge >= 0.3 is 0 Å². The molecule has 116 valence electrons. The van der Waals surface area contributed by atoms with Gasteiger partial charge in [-0.1, -0.05) is 24.3 Å². The van der Waals surface area contributed by atoms with Crippen molar-refractivity contribution in [2.45, 2.75) is 6.42 Å². The Balaban J connectivity index is 1.76. The number of rotatable bonds is 3. The first kappa shape index (κ1) is 14.3. The van der Waals surface area contributed by atoms with Crippen LogP contribution in [0.5, 0.6) is 5.75 Å². The molecule has 0 radical (unpaired) electrons.